The van der Waals surface area contributed by atoms with Crippen LogP contribution in [0.25, 0.3) is 0 Å². The smallest absolute Gasteiger partial charge is 0.364 e. The van der Waals surface area contributed by atoms with Crippen LogP contribution in [-0.2, 0) is 90.2 Å². The fourth-order valence-electron chi connectivity index (χ4n) is 13.1. The molecule has 0 radical (unpaired) electrons. The second kappa shape index (κ2) is 36.3. The van der Waals surface area contributed by atoms with Gasteiger partial charge in [0.25, 0.3) is 5.79 Å². The Labute approximate surface area is 582 Å². The number of aliphatic hydroxyl groups excluding tert-OH is 23. The topological polar surface area (TPSA) is 728 Å². The molecule has 0 aromatic heterocycles. The summed E-state index contributed by atoms with van der Waals surface area (Å²) >= 11 is 0. The van der Waals surface area contributed by atoms with E-state index < -0.39 is 327 Å². The SMILES string of the molecule is CC(=O)N[C@@H]1[C@H](O[C@@H]2[C@H](O)[C@H](O[C@H]3[C@H](O)[C@@H](O)C(O)O[C@@H]3CO)O[C@H](CO[C@@H]3O[C@H](CO)[C@@H](O[C@@H]4O[C@H](CO)[C@H](O)[C@H](O)[C@H]4O)[C@H](O[C@@H]4O[C@@H](C)[C@@H](O)[C@@H](O)[C@@H]4O)[C@H]3NC(C)=O)[C@H]2O)O[C@H](CO)[C@@H](O[C@@H]2O[C@H](CO[C@]3(C(=O)O)C[C@H](O)[C@@H](NC(C)=O)[C@H]([C@H](O)[C@H](O)CO)O3)[C@H](O)[C@H](O)[C@H]2O)[C@@H]1O. The van der Waals surface area contributed by atoms with Gasteiger partial charge in [0.1, 0.15) is 183 Å². The van der Waals surface area contributed by atoms with Gasteiger partial charge in [0.05, 0.1) is 64.5 Å². The maximum absolute atomic E-state index is 13.2. The normalized spacial score (nSPS) is 48.3. The van der Waals surface area contributed by atoms with Crippen LogP contribution in [0.1, 0.15) is 34.1 Å². The highest BCUT2D eigenvalue weighted by atomic mass is 16.8. The maximum atomic E-state index is 13.2. The molecule has 0 aliphatic carbocycles. The van der Waals surface area contributed by atoms with Crippen molar-refractivity contribution in [2.45, 2.75) is 285 Å². The third kappa shape index (κ3) is 18.6. The summed E-state index contributed by atoms with van der Waals surface area (Å²) in [6, 6.07) is -5.53. The van der Waals surface area contributed by atoms with E-state index in [4.69, 9.17) is 71.1 Å². The van der Waals surface area contributed by atoms with Crippen molar-refractivity contribution in [1.29, 1.82) is 0 Å². The minimum atomic E-state index is -3.06. The maximum Gasteiger partial charge on any atom is 0.364 e. The first kappa shape index (κ1) is 85.0. The fourth-order valence-corrected chi connectivity index (χ4v) is 13.1. The molecule has 0 saturated carbocycles. The number of rotatable bonds is 27. The first-order chi connectivity index (χ1) is 48.5. The number of carboxylic acids is 1. The van der Waals surface area contributed by atoms with E-state index in [1.807, 2.05) is 0 Å². The van der Waals surface area contributed by atoms with Gasteiger partial charge in [-0.2, -0.15) is 0 Å². The molecule has 27 N–H and O–H groups in total. The van der Waals surface area contributed by atoms with Crippen molar-refractivity contribution in [3.63, 3.8) is 0 Å². The number of amides is 3. The van der Waals surface area contributed by atoms with Gasteiger partial charge >= 0.3 is 5.97 Å². The van der Waals surface area contributed by atoms with E-state index in [0.717, 1.165) is 20.8 Å². The second-order valence-electron chi connectivity index (χ2n) is 26.1. The van der Waals surface area contributed by atoms with Crippen LogP contribution in [0.3, 0.4) is 0 Å². The number of aliphatic hydroxyl groups is 23. The van der Waals surface area contributed by atoms with Crippen LogP contribution in [-0.4, -0.2) is 444 Å². The molecule has 8 aliphatic heterocycles. The van der Waals surface area contributed by atoms with Gasteiger partial charge in [0.15, 0.2) is 44.0 Å². The minimum Gasteiger partial charge on any atom is -0.477 e. The second-order valence-corrected chi connectivity index (χ2v) is 26.1. The Morgan fingerprint density at radius 3 is 1.39 bits per heavy atom. The summed E-state index contributed by atoms with van der Waals surface area (Å²) in [5.74, 6) is -7.83. The molecule has 0 aromatic carbocycles. The summed E-state index contributed by atoms with van der Waals surface area (Å²) in [6.45, 7) is -3.70. The van der Waals surface area contributed by atoms with Crippen LogP contribution in [0, 0.1) is 0 Å². The third-order valence-electron chi connectivity index (χ3n) is 18.8. The molecular weight excluding hydrogens is 1410 g/mol. The first-order valence-corrected chi connectivity index (χ1v) is 32.6. The molecule has 8 saturated heterocycles. The monoisotopic (exact) mass is 1510 g/mol. The van der Waals surface area contributed by atoms with Crippen molar-refractivity contribution in [3.8, 4) is 0 Å². The van der Waals surface area contributed by atoms with Gasteiger partial charge in [-0.05, 0) is 6.92 Å². The quantitative estimate of drug-likeness (QED) is 0.0363. The summed E-state index contributed by atoms with van der Waals surface area (Å²) in [5.41, 5.74) is 0. The highest BCUT2D eigenvalue weighted by Crippen LogP contribution is 2.40. The minimum absolute atomic E-state index is 0.824. The Bertz CT molecular complexity index is 2720. The van der Waals surface area contributed by atoms with Crippen LogP contribution in [0.15, 0.2) is 0 Å². The third-order valence-corrected chi connectivity index (χ3v) is 18.8. The molecule has 46 nitrogen and oxygen atoms in total. The zero-order valence-electron chi connectivity index (χ0n) is 55.2. The van der Waals surface area contributed by atoms with Crippen LogP contribution in [0.5, 0.6) is 0 Å². The molecule has 1 unspecified atom stereocenters. The molecule has 3 amide bonds. The summed E-state index contributed by atoms with van der Waals surface area (Å²) in [7, 11) is 0. The Morgan fingerprint density at radius 2 is 0.845 bits per heavy atom. The molecule has 41 atom stereocenters. The fraction of sp³-hybridized carbons (Fsp3) is 0.930. The first-order valence-electron chi connectivity index (χ1n) is 32.6. The van der Waals surface area contributed by atoms with E-state index in [-0.39, 0.29) is 0 Å². The molecule has 8 aliphatic rings. The molecule has 8 heterocycles. The van der Waals surface area contributed by atoms with Crippen LogP contribution in [0.2, 0.25) is 0 Å². The molecule has 0 spiro atoms. The molecule has 8 rings (SSSR count). The lowest BCUT2D eigenvalue weighted by molar-refractivity contribution is -0.388. The number of nitrogens with one attached hydrogen (secondary N) is 3. The predicted octanol–water partition coefficient (Wildman–Crippen LogP) is -17.8. The number of carboxylic acid groups (broad SMARTS) is 1. The van der Waals surface area contributed by atoms with E-state index in [9.17, 15) is 142 Å². The van der Waals surface area contributed by atoms with Gasteiger partial charge in [-0.1, -0.05) is 0 Å². The van der Waals surface area contributed by atoms with E-state index in [0.29, 0.717) is 0 Å². The molecule has 8 fully saturated rings. The lowest BCUT2D eigenvalue weighted by Gasteiger charge is -2.51. The lowest BCUT2D eigenvalue weighted by atomic mass is 9.88. The van der Waals surface area contributed by atoms with E-state index in [1.165, 1.54) is 6.92 Å². The van der Waals surface area contributed by atoms with E-state index >= 15 is 0 Å². The molecule has 596 valence electrons. The Morgan fingerprint density at radius 1 is 0.417 bits per heavy atom. The number of hydrogen-bond acceptors (Lipinski definition) is 42. The van der Waals surface area contributed by atoms with Crippen molar-refractivity contribution < 1.29 is 213 Å². The molecular formula is C57H95N3O43. The van der Waals surface area contributed by atoms with Crippen LogP contribution in [0.4, 0.5) is 0 Å². The highest BCUT2D eigenvalue weighted by Gasteiger charge is 2.61. The molecule has 46 heteroatoms. The van der Waals surface area contributed by atoms with Crippen molar-refractivity contribution in [3.05, 3.63) is 0 Å². The zero-order chi connectivity index (χ0) is 76.3. The summed E-state index contributed by atoms with van der Waals surface area (Å²) in [6.07, 6.45) is -77.4. The number of ether oxygens (including phenoxy) is 15. The summed E-state index contributed by atoms with van der Waals surface area (Å²) in [5, 5.41) is 269. The van der Waals surface area contributed by atoms with Gasteiger partial charge in [-0.25, -0.2) is 4.79 Å². The van der Waals surface area contributed by atoms with Gasteiger partial charge in [0.2, 0.25) is 17.7 Å². The van der Waals surface area contributed by atoms with Gasteiger partial charge in [0, 0.05) is 27.2 Å². The number of aliphatic carboxylic acids is 1. The standard InChI is InChI=1S/C57H95N3O43/c1-13-28(71)34(77)39(82)52(91-13)101-47-27(60-16(4)68)50(94-22(10-65)45(47)100-53-40(83)35(78)30(73)19(7-62)93-53)89-11-23-32(75)48(42(85)55(96-23)99-44-20(8-63)92-49(86)38(81)37(44)80)102-51-26(59-15(3)67)33(76)43(21(9-64)95-51)98-54-41(84)36(79)31(74)24(97-54)12-90-57(56(87)88)5-17(69)25(58-14(2)66)46(103-57)29(72)18(70)6-61/h13,17-55,61-65,69-86H,5-12H2,1-4H3,(H,58,66)(H,59,67)(H,60,68)(H,87,88)/t13-,17-,18+,19+,20+,21+,22+,23+,24+,25+,26-,27+,28+,29+,30-,31-,32+,33+,34+,35-,36-,37+,38+,39-,40+,41+,42-,43+,44+,45+,46+,47+,48-,49?,50+,51-,52-,53-,54-,55-,57+/m0/s1. The molecule has 103 heavy (non-hydrogen) atoms. The summed E-state index contributed by atoms with van der Waals surface area (Å²) in [4.78, 5) is 51.3. The van der Waals surface area contributed by atoms with Gasteiger partial charge in [-0.3, -0.25) is 14.4 Å². The average molecular weight is 1510 g/mol. The average Bonchev–Trinajstić information content (AvgIpc) is 0.773. The van der Waals surface area contributed by atoms with Gasteiger partial charge < -0.3 is 210 Å². The highest BCUT2D eigenvalue weighted by molar-refractivity contribution is 5.77. The van der Waals surface area contributed by atoms with Crippen molar-refractivity contribution in [1.82, 2.24) is 16.0 Å². The van der Waals surface area contributed by atoms with Crippen molar-refractivity contribution in [2.24, 2.45) is 0 Å². The Hall–Kier alpha value is -3.64. The lowest BCUT2D eigenvalue weighted by Crippen LogP contribution is -2.70. The Kier molecular flexibility index (Phi) is 29.9. The van der Waals surface area contributed by atoms with Crippen molar-refractivity contribution in [2.75, 3.05) is 46.2 Å². The number of carbonyl (C=O) groups is 4. The van der Waals surface area contributed by atoms with Crippen LogP contribution >= 0.6 is 0 Å². The van der Waals surface area contributed by atoms with Crippen molar-refractivity contribution >= 4 is 23.7 Å². The zero-order valence-corrected chi connectivity index (χ0v) is 55.2. The summed E-state index contributed by atoms with van der Waals surface area (Å²) < 4.78 is 87.8. The number of hydrogen-bond donors (Lipinski definition) is 27. The van der Waals surface area contributed by atoms with E-state index in [2.05, 4.69) is 16.0 Å². The molecule has 0 aromatic rings. The Balaban J connectivity index is 1.08. The van der Waals surface area contributed by atoms with Crippen LogP contribution < -0.4 is 16.0 Å². The number of carbonyl (C=O) groups excluding carboxylic acids is 3. The largest absolute Gasteiger partial charge is 0.477 e. The van der Waals surface area contributed by atoms with E-state index in [1.54, 1.807) is 0 Å². The molecule has 0 bridgehead atoms. The van der Waals surface area contributed by atoms with Gasteiger partial charge in [-0.15, -0.1) is 0 Å². The predicted molar refractivity (Wildman–Crippen MR) is 315 cm³/mol.